The number of ether oxygens (including phenoxy) is 1. The summed E-state index contributed by atoms with van der Waals surface area (Å²) >= 11 is 0. The van der Waals surface area contributed by atoms with Crippen LogP contribution >= 0.6 is 0 Å². The molecule has 1 fully saturated rings. The van der Waals surface area contributed by atoms with Gasteiger partial charge in [-0.1, -0.05) is 11.8 Å². The summed E-state index contributed by atoms with van der Waals surface area (Å²) < 4.78 is 32.3. The van der Waals surface area contributed by atoms with E-state index in [1.807, 2.05) is 0 Å². The molecule has 0 bridgehead atoms. The van der Waals surface area contributed by atoms with Gasteiger partial charge in [0.2, 0.25) is 10.0 Å². The lowest BCUT2D eigenvalue weighted by Crippen LogP contribution is -2.32. The molecule has 0 unspecified atom stereocenters. The predicted molar refractivity (Wildman–Crippen MR) is 79.1 cm³/mol. The second-order valence-electron chi connectivity index (χ2n) is 4.89. The van der Waals surface area contributed by atoms with E-state index in [1.54, 1.807) is 12.1 Å². The van der Waals surface area contributed by atoms with Crippen molar-refractivity contribution in [2.75, 3.05) is 26.4 Å². The van der Waals surface area contributed by atoms with Gasteiger partial charge in [-0.15, -0.1) is 0 Å². The maximum Gasteiger partial charge on any atom is 0.240 e. The fourth-order valence-electron chi connectivity index (χ4n) is 2.12. The Hall–Kier alpha value is -1.39. The minimum atomic E-state index is -3.49. The number of rotatable bonds is 4. The molecule has 0 aliphatic carbocycles. The predicted octanol–water partition coefficient (Wildman–Crippen LogP) is 0.735. The summed E-state index contributed by atoms with van der Waals surface area (Å²) in [4.78, 5) is 0.226. The number of benzene rings is 1. The summed E-state index contributed by atoms with van der Waals surface area (Å²) in [5, 5.41) is 8.62. The van der Waals surface area contributed by atoms with Gasteiger partial charge in [0, 0.05) is 25.3 Å². The van der Waals surface area contributed by atoms with Crippen LogP contribution in [-0.2, 0) is 14.8 Å². The molecule has 0 amide bonds. The molecule has 0 aromatic heterocycles. The highest BCUT2D eigenvalue weighted by atomic mass is 32.2. The van der Waals surface area contributed by atoms with Crippen molar-refractivity contribution in [1.29, 1.82) is 0 Å². The second-order valence-corrected chi connectivity index (χ2v) is 6.66. The third-order valence-electron chi connectivity index (χ3n) is 3.38. The molecule has 5 nitrogen and oxygen atoms in total. The molecule has 0 radical (unpaired) electrons. The van der Waals surface area contributed by atoms with Crippen LogP contribution in [0.4, 0.5) is 0 Å². The van der Waals surface area contributed by atoms with Crippen molar-refractivity contribution in [2.45, 2.75) is 17.7 Å². The zero-order chi connectivity index (χ0) is 15.1. The van der Waals surface area contributed by atoms with E-state index < -0.39 is 10.0 Å². The quantitative estimate of drug-likeness (QED) is 0.804. The zero-order valence-corrected chi connectivity index (χ0v) is 12.5. The number of sulfonamides is 1. The third kappa shape index (κ3) is 4.83. The first kappa shape index (κ1) is 16.0. The monoisotopic (exact) mass is 309 g/mol. The van der Waals surface area contributed by atoms with Gasteiger partial charge in [0.05, 0.1) is 4.90 Å². The Morgan fingerprint density at radius 3 is 2.52 bits per heavy atom. The molecule has 2 rings (SSSR count). The molecule has 114 valence electrons. The molecule has 2 N–H and O–H groups in total. The standard InChI is InChI=1S/C15H19NO4S/c17-9-1-2-13-3-5-15(6-4-13)21(18,19)16-12-14-7-10-20-11-8-14/h3-6,14,16-17H,7-12H2. The van der Waals surface area contributed by atoms with Gasteiger partial charge in [0.25, 0.3) is 0 Å². The number of aliphatic hydroxyl groups excluding tert-OH is 1. The van der Waals surface area contributed by atoms with Crippen LogP contribution in [0.2, 0.25) is 0 Å². The molecular formula is C15H19NO4S. The van der Waals surface area contributed by atoms with Crippen LogP contribution in [0.5, 0.6) is 0 Å². The minimum absolute atomic E-state index is 0.216. The fourth-order valence-corrected chi connectivity index (χ4v) is 3.24. The smallest absolute Gasteiger partial charge is 0.240 e. The average molecular weight is 309 g/mol. The summed E-state index contributed by atoms with van der Waals surface area (Å²) in [6.45, 7) is 1.62. The normalized spacial score (nSPS) is 16.2. The molecule has 0 atom stereocenters. The molecule has 1 aromatic carbocycles. The molecular weight excluding hydrogens is 290 g/mol. The lowest BCUT2D eigenvalue weighted by molar-refractivity contribution is 0.0678. The highest BCUT2D eigenvalue weighted by Gasteiger charge is 2.18. The van der Waals surface area contributed by atoms with E-state index in [-0.39, 0.29) is 11.5 Å². The Balaban J connectivity index is 1.98. The van der Waals surface area contributed by atoms with Gasteiger partial charge in [0.1, 0.15) is 6.61 Å². The number of hydrogen-bond donors (Lipinski definition) is 2. The molecule has 1 aromatic rings. The van der Waals surface area contributed by atoms with Crippen LogP contribution < -0.4 is 4.72 Å². The van der Waals surface area contributed by atoms with Crippen molar-refractivity contribution < 1.29 is 18.3 Å². The lowest BCUT2D eigenvalue weighted by Gasteiger charge is -2.22. The first-order valence-corrected chi connectivity index (χ1v) is 8.37. The maximum atomic E-state index is 12.2. The Morgan fingerprint density at radius 1 is 1.24 bits per heavy atom. The van der Waals surface area contributed by atoms with E-state index in [4.69, 9.17) is 9.84 Å². The van der Waals surface area contributed by atoms with Crippen LogP contribution in [0.25, 0.3) is 0 Å². The van der Waals surface area contributed by atoms with E-state index in [1.165, 1.54) is 12.1 Å². The van der Waals surface area contributed by atoms with Crippen molar-refractivity contribution in [3.8, 4) is 11.8 Å². The third-order valence-corrected chi connectivity index (χ3v) is 4.82. The topological polar surface area (TPSA) is 75.6 Å². The zero-order valence-electron chi connectivity index (χ0n) is 11.7. The molecule has 1 saturated heterocycles. The van der Waals surface area contributed by atoms with Crippen molar-refractivity contribution in [2.24, 2.45) is 5.92 Å². The van der Waals surface area contributed by atoms with Crippen LogP contribution in [-0.4, -0.2) is 39.9 Å². The average Bonchev–Trinajstić information content (AvgIpc) is 2.52. The van der Waals surface area contributed by atoms with Gasteiger partial charge in [-0.25, -0.2) is 13.1 Å². The van der Waals surface area contributed by atoms with Gasteiger partial charge >= 0.3 is 0 Å². The first-order valence-electron chi connectivity index (χ1n) is 6.89. The summed E-state index contributed by atoms with van der Waals surface area (Å²) in [5.41, 5.74) is 0.674. The van der Waals surface area contributed by atoms with E-state index in [2.05, 4.69) is 16.6 Å². The van der Waals surface area contributed by atoms with Gasteiger partial charge in [-0.2, -0.15) is 0 Å². The molecule has 6 heteroatoms. The summed E-state index contributed by atoms with van der Waals surface area (Å²) in [5.74, 6) is 5.58. The second kappa shape index (κ2) is 7.57. The van der Waals surface area contributed by atoms with Crippen molar-refractivity contribution in [3.05, 3.63) is 29.8 Å². The summed E-state index contributed by atoms with van der Waals surface area (Å²) in [6, 6.07) is 6.30. The Kier molecular flexibility index (Phi) is 5.76. The largest absolute Gasteiger partial charge is 0.384 e. The Labute approximate surface area is 125 Å². The van der Waals surface area contributed by atoms with Crippen LogP contribution in [0.15, 0.2) is 29.2 Å². The van der Waals surface area contributed by atoms with E-state index in [0.29, 0.717) is 31.2 Å². The van der Waals surface area contributed by atoms with E-state index >= 15 is 0 Å². The molecule has 0 saturated carbocycles. The van der Waals surface area contributed by atoms with E-state index in [0.717, 1.165) is 12.8 Å². The highest BCUT2D eigenvalue weighted by Crippen LogP contribution is 2.15. The summed E-state index contributed by atoms with van der Waals surface area (Å²) in [6.07, 6.45) is 1.77. The lowest BCUT2D eigenvalue weighted by atomic mass is 10.0. The molecule has 1 heterocycles. The van der Waals surface area contributed by atoms with Crippen molar-refractivity contribution in [1.82, 2.24) is 4.72 Å². The van der Waals surface area contributed by atoms with Gasteiger partial charge in [0.15, 0.2) is 0 Å². The minimum Gasteiger partial charge on any atom is -0.384 e. The number of nitrogens with one attached hydrogen (secondary N) is 1. The first-order chi connectivity index (χ1) is 10.1. The van der Waals surface area contributed by atoms with Crippen molar-refractivity contribution >= 4 is 10.0 Å². The van der Waals surface area contributed by atoms with Gasteiger partial charge < -0.3 is 9.84 Å². The SMILES string of the molecule is O=S(=O)(NCC1CCOCC1)c1ccc(C#CCO)cc1. The highest BCUT2D eigenvalue weighted by molar-refractivity contribution is 7.89. The van der Waals surface area contributed by atoms with Crippen LogP contribution in [0.3, 0.4) is 0 Å². The number of hydrogen-bond acceptors (Lipinski definition) is 4. The Morgan fingerprint density at radius 2 is 1.90 bits per heavy atom. The fraction of sp³-hybridized carbons (Fsp3) is 0.467. The Bertz CT molecular complexity index is 607. The van der Waals surface area contributed by atoms with Crippen LogP contribution in [0.1, 0.15) is 18.4 Å². The van der Waals surface area contributed by atoms with E-state index in [9.17, 15) is 8.42 Å². The maximum absolute atomic E-state index is 12.2. The molecule has 1 aliphatic rings. The van der Waals surface area contributed by atoms with Gasteiger partial charge in [-0.3, -0.25) is 0 Å². The summed E-state index contributed by atoms with van der Waals surface area (Å²) in [7, 11) is -3.49. The molecule has 1 aliphatic heterocycles. The number of aliphatic hydroxyl groups is 1. The van der Waals surface area contributed by atoms with Crippen molar-refractivity contribution in [3.63, 3.8) is 0 Å². The molecule has 0 spiro atoms. The van der Waals surface area contributed by atoms with Gasteiger partial charge in [-0.05, 0) is 43.0 Å². The molecule has 21 heavy (non-hydrogen) atoms. The van der Waals surface area contributed by atoms with Crippen LogP contribution in [0, 0.1) is 17.8 Å².